The summed E-state index contributed by atoms with van der Waals surface area (Å²) in [7, 11) is -2.07. The van der Waals surface area contributed by atoms with Crippen LogP contribution in [0.4, 0.5) is 0 Å². The van der Waals surface area contributed by atoms with Crippen LogP contribution in [-0.4, -0.2) is 21.4 Å². The molecule has 0 radical (unpaired) electrons. The van der Waals surface area contributed by atoms with Crippen LogP contribution in [0.15, 0.2) is 40.6 Å². The predicted molar refractivity (Wildman–Crippen MR) is 94.8 cm³/mol. The molecule has 0 atom stereocenters. The second-order valence-corrected chi connectivity index (χ2v) is 9.42. The summed E-state index contributed by atoms with van der Waals surface area (Å²) in [4.78, 5) is 13.4. The van der Waals surface area contributed by atoms with Gasteiger partial charge in [-0.1, -0.05) is 23.7 Å². The van der Waals surface area contributed by atoms with E-state index in [1.807, 2.05) is 18.2 Å². The lowest BCUT2D eigenvalue weighted by Crippen LogP contribution is -2.34. The highest BCUT2D eigenvalue weighted by atomic mass is 35.5. The molecule has 3 rings (SSSR count). The van der Waals surface area contributed by atoms with Gasteiger partial charge in [0.15, 0.2) is 0 Å². The molecule has 0 aliphatic heterocycles. The summed E-state index contributed by atoms with van der Waals surface area (Å²) in [5.74, 6) is -0.0452. The number of benzene rings is 1. The normalized spacial score (nSPS) is 15.9. The topological polar surface area (TPSA) is 75.3 Å². The zero-order valence-electron chi connectivity index (χ0n) is 13.0. The second-order valence-electron chi connectivity index (χ2n) is 5.70. The lowest BCUT2D eigenvalue weighted by atomic mass is 9.95. The Morgan fingerprint density at radius 1 is 1.29 bits per heavy atom. The van der Waals surface area contributed by atoms with Crippen molar-refractivity contribution < 1.29 is 13.2 Å². The molecule has 1 aromatic carbocycles. The van der Waals surface area contributed by atoms with E-state index in [9.17, 15) is 13.2 Å². The molecule has 0 spiro atoms. The third-order valence-electron chi connectivity index (χ3n) is 4.16. The first-order valence-corrected chi connectivity index (χ1v) is 10.1. The minimum Gasteiger partial charge on any atom is -0.350 e. The number of carbonyl (C=O) groups excluding carboxylic acids is 1. The molecule has 24 heavy (non-hydrogen) atoms. The molecule has 0 bridgehead atoms. The summed E-state index contributed by atoms with van der Waals surface area (Å²) in [6, 6.07) is 10.6. The average Bonchev–Trinajstić information content (AvgIpc) is 3.24. The van der Waals surface area contributed by atoms with Crippen LogP contribution >= 0.6 is 22.9 Å². The number of hydrogen-bond acceptors (Lipinski definition) is 4. The van der Waals surface area contributed by atoms with Gasteiger partial charge >= 0.3 is 0 Å². The Morgan fingerprint density at radius 2 is 2.04 bits per heavy atom. The maximum Gasteiger partial charge on any atom is 0.249 e. The van der Waals surface area contributed by atoms with E-state index < -0.39 is 15.4 Å². The minimum atomic E-state index is -3.44. The third-order valence-corrected chi connectivity index (χ3v) is 7.38. The van der Waals surface area contributed by atoms with Crippen LogP contribution in [0.1, 0.15) is 23.3 Å². The highest BCUT2D eigenvalue weighted by molar-refractivity contribution is 7.91. The molecular formula is C16H17ClN2O3S2. The van der Waals surface area contributed by atoms with Gasteiger partial charge in [0.25, 0.3) is 0 Å². The molecule has 8 heteroatoms. The van der Waals surface area contributed by atoms with Crippen molar-refractivity contribution in [2.24, 2.45) is 0 Å². The SMILES string of the molecule is CNS(=O)(=O)c1ccc(CNC(=O)C2(c3cccc(Cl)c3)CC2)s1. The highest BCUT2D eigenvalue weighted by Gasteiger charge is 2.51. The molecule has 0 saturated heterocycles. The summed E-state index contributed by atoms with van der Waals surface area (Å²) in [5, 5.41) is 3.53. The Hall–Kier alpha value is -1.41. The van der Waals surface area contributed by atoms with Crippen LogP contribution in [-0.2, 0) is 26.8 Å². The first kappa shape index (κ1) is 17.4. The molecule has 2 aromatic rings. The quantitative estimate of drug-likeness (QED) is 0.803. The van der Waals surface area contributed by atoms with E-state index in [4.69, 9.17) is 11.6 Å². The lowest BCUT2D eigenvalue weighted by molar-refractivity contribution is -0.123. The van der Waals surface area contributed by atoms with Crippen LogP contribution in [0.2, 0.25) is 5.02 Å². The van der Waals surface area contributed by atoms with E-state index in [2.05, 4.69) is 10.0 Å². The number of nitrogens with one attached hydrogen (secondary N) is 2. The standard InChI is InChI=1S/C16H17ClN2O3S2/c1-18-24(21,22)14-6-5-13(23-14)10-19-15(20)16(7-8-16)11-3-2-4-12(17)9-11/h2-6,9,18H,7-8,10H2,1H3,(H,19,20). The molecule has 0 unspecified atom stereocenters. The van der Waals surface area contributed by atoms with Gasteiger partial charge in [-0.2, -0.15) is 0 Å². The zero-order valence-corrected chi connectivity index (χ0v) is 15.4. The van der Waals surface area contributed by atoms with Gasteiger partial charge in [0, 0.05) is 9.90 Å². The van der Waals surface area contributed by atoms with Gasteiger partial charge in [-0.15, -0.1) is 11.3 Å². The summed E-state index contributed by atoms with van der Waals surface area (Å²) < 4.78 is 26.0. The molecule has 128 valence electrons. The number of sulfonamides is 1. The second kappa shape index (κ2) is 6.48. The van der Waals surface area contributed by atoms with Crippen molar-refractivity contribution in [3.05, 3.63) is 51.9 Å². The average molecular weight is 385 g/mol. The largest absolute Gasteiger partial charge is 0.350 e. The van der Waals surface area contributed by atoms with Crippen molar-refractivity contribution in [2.45, 2.75) is 29.0 Å². The van der Waals surface area contributed by atoms with Crippen LogP contribution in [0, 0.1) is 0 Å². The summed E-state index contributed by atoms with van der Waals surface area (Å²) in [5.41, 5.74) is 0.430. The molecule has 1 aliphatic carbocycles. The van der Waals surface area contributed by atoms with Gasteiger partial charge in [0.2, 0.25) is 15.9 Å². The molecule has 1 saturated carbocycles. The van der Waals surface area contributed by atoms with Crippen molar-refractivity contribution >= 4 is 38.9 Å². The first-order chi connectivity index (χ1) is 11.4. The van der Waals surface area contributed by atoms with Crippen molar-refractivity contribution in [3.8, 4) is 0 Å². The molecule has 1 aliphatic rings. The summed E-state index contributed by atoms with van der Waals surface area (Å²) in [6.07, 6.45) is 1.59. The first-order valence-electron chi connectivity index (χ1n) is 7.44. The molecule has 1 amide bonds. The maximum absolute atomic E-state index is 12.6. The Labute approximate surface area is 150 Å². The highest BCUT2D eigenvalue weighted by Crippen LogP contribution is 2.48. The number of hydrogen-bond donors (Lipinski definition) is 2. The predicted octanol–water partition coefficient (Wildman–Crippen LogP) is 2.66. The number of rotatable bonds is 6. The zero-order chi connectivity index (χ0) is 17.4. The molecule has 5 nitrogen and oxygen atoms in total. The van der Waals surface area contributed by atoms with Gasteiger partial charge in [-0.25, -0.2) is 13.1 Å². The van der Waals surface area contributed by atoms with E-state index in [1.165, 1.54) is 7.05 Å². The molecular weight excluding hydrogens is 368 g/mol. The monoisotopic (exact) mass is 384 g/mol. The van der Waals surface area contributed by atoms with E-state index in [-0.39, 0.29) is 10.1 Å². The van der Waals surface area contributed by atoms with Crippen molar-refractivity contribution in [1.29, 1.82) is 0 Å². The van der Waals surface area contributed by atoms with Gasteiger partial charge in [-0.05, 0) is 49.7 Å². The summed E-state index contributed by atoms with van der Waals surface area (Å²) >= 11 is 7.17. The van der Waals surface area contributed by atoms with Crippen LogP contribution < -0.4 is 10.0 Å². The van der Waals surface area contributed by atoms with Crippen molar-refractivity contribution in [2.75, 3.05) is 7.05 Å². The molecule has 1 fully saturated rings. The fourth-order valence-corrected chi connectivity index (χ4v) is 4.92. The van der Waals surface area contributed by atoms with Crippen LogP contribution in [0.3, 0.4) is 0 Å². The van der Waals surface area contributed by atoms with Crippen molar-refractivity contribution in [1.82, 2.24) is 10.0 Å². The van der Waals surface area contributed by atoms with Crippen molar-refractivity contribution in [3.63, 3.8) is 0 Å². The summed E-state index contributed by atoms with van der Waals surface area (Å²) in [6.45, 7) is 0.311. The number of amides is 1. The smallest absolute Gasteiger partial charge is 0.249 e. The minimum absolute atomic E-state index is 0.0452. The number of carbonyl (C=O) groups is 1. The van der Waals surface area contributed by atoms with E-state index in [0.717, 1.165) is 34.6 Å². The van der Waals surface area contributed by atoms with Gasteiger partial charge in [-0.3, -0.25) is 4.79 Å². The molecule has 1 aromatic heterocycles. The fraction of sp³-hybridized carbons (Fsp3) is 0.312. The molecule has 2 N–H and O–H groups in total. The van der Waals surface area contributed by atoms with E-state index in [0.29, 0.717) is 11.6 Å². The van der Waals surface area contributed by atoms with Crippen LogP contribution in [0.5, 0.6) is 0 Å². The fourth-order valence-electron chi connectivity index (χ4n) is 2.59. The van der Waals surface area contributed by atoms with Gasteiger partial charge in [0.1, 0.15) is 4.21 Å². The Kier molecular flexibility index (Phi) is 4.70. The maximum atomic E-state index is 12.6. The number of thiophene rings is 1. The number of halogens is 1. The third kappa shape index (κ3) is 3.35. The van der Waals surface area contributed by atoms with Crippen LogP contribution in [0.25, 0.3) is 0 Å². The molecule has 1 heterocycles. The lowest BCUT2D eigenvalue weighted by Gasteiger charge is -2.15. The van der Waals surface area contributed by atoms with E-state index in [1.54, 1.807) is 18.2 Å². The van der Waals surface area contributed by atoms with E-state index >= 15 is 0 Å². The Morgan fingerprint density at radius 3 is 2.67 bits per heavy atom. The van der Waals surface area contributed by atoms with Gasteiger partial charge < -0.3 is 5.32 Å². The Bertz CT molecular complexity index is 873. The Balaban J connectivity index is 1.68. The van der Waals surface area contributed by atoms with Gasteiger partial charge in [0.05, 0.1) is 12.0 Å².